The monoisotopic (exact) mass is 1440 g/mol. The maximum absolute atomic E-state index is 5.94. The van der Waals surface area contributed by atoms with E-state index in [1.54, 1.807) is 0 Å². The van der Waals surface area contributed by atoms with Crippen molar-refractivity contribution in [3.05, 3.63) is 0 Å². The van der Waals surface area contributed by atoms with E-state index < -0.39 is 80.0 Å². The van der Waals surface area contributed by atoms with E-state index >= 15 is 0 Å². The predicted octanol–water partition coefficient (Wildman–Crippen LogP) is 0.756. The van der Waals surface area contributed by atoms with Crippen LogP contribution in [0.5, 0.6) is 0 Å². The maximum Gasteiger partial charge on any atom is 0.0883 e. The molecule has 0 nitrogen and oxygen atoms in total. The molecule has 0 bridgehead atoms. The third-order valence-electron chi connectivity index (χ3n) is 3.36. The SMILES string of the molecule is S=P(=S)S(=S)(=S)S(=S)(=S)S(=S)(=S)S(=S)(=S)S(=S)(=S)S(=S)(=S)S(=S)(=S)S(=S)(=S)S(=S)(=S)S(=S)(=S)S(=S)(=S)S(=S)(=S)S(=S)(=S)[S-](=S)=S. The second-order valence-electron chi connectivity index (χ2n) is 5.75. The molecule has 0 aromatic rings. The minimum atomic E-state index is -3.65. The Morgan fingerprint density at radius 2 is 0.422 bits per heavy atom. The van der Waals surface area contributed by atoms with Crippen LogP contribution in [0.4, 0.5) is 0 Å². The van der Waals surface area contributed by atoms with Crippen molar-refractivity contribution in [3.63, 3.8) is 0 Å². The van der Waals surface area contributed by atoms with Gasteiger partial charge in [0.1, 0.15) is 0 Å². The molecule has 0 rings (SSSR count). The summed E-state index contributed by atoms with van der Waals surface area (Å²) >= 11 is 172. The molecule has 270 valence electrons. The molecule has 0 aliphatic heterocycles. The van der Waals surface area contributed by atoms with Crippen LogP contribution in [0.25, 0.3) is 0 Å². The van der Waals surface area contributed by atoms with E-state index in [0.29, 0.717) is 0 Å². The zero-order chi connectivity index (χ0) is 37.7. The number of hydrogen-bond acceptors (Lipinski definition) is 31. The first kappa shape index (κ1) is 56.8. The zero-order valence-electron chi connectivity index (χ0n) is 18.4. The molecule has 0 saturated heterocycles. The Kier molecular flexibility index (Phi) is 23.0. The third-order valence-corrected chi connectivity index (χ3v) is 272. The van der Waals surface area contributed by atoms with Gasteiger partial charge in [0.2, 0.25) is 0 Å². The van der Waals surface area contributed by atoms with Gasteiger partial charge in [-0.3, -0.25) is 7.05 Å². The molecule has 0 radical (unpaired) electrons. The van der Waals surface area contributed by atoms with Gasteiger partial charge in [0.05, 0.1) is 4.67 Å². The molecule has 45 heavy (non-hydrogen) atoms. The molecule has 0 amide bonds. The van der Waals surface area contributed by atoms with Crippen LogP contribution >= 0.6 is 4.67 Å². The van der Waals surface area contributed by atoms with E-state index in [1.807, 2.05) is 0 Å². The summed E-state index contributed by atoms with van der Waals surface area (Å²) in [6, 6.07) is 0. The number of rotatable bonds is 14. The summed E-state index contributed by atoms with van der Waals surface area (Å²) in [5.41, 5.74) is 0. The normalized spacial score (nSPS) is 16.2. The van der Waals surface area contributed by atoms with E-state index in [4.69, 9.17) is 337 Å². The molecule has 0 aromatic heterocycles. The lowest BCUT2D eigenvalue weighted by molar-refractivity contribution is 4.98. The van der Waals surface area contributed by atoms with Crippen LogP contribution in [-0.2, 0) is 412 Å². The highest BCUT2D eigenvalue weighted by Gasteiger charge is 2.44. The van der Waals surface area contributed by atoms with Crippen LogP contribution in [0.15, 0.2) is 0 Å². The standard InChI is InChI=1S/PS44/c2-1(3)33(6,7)35(10,11)37(14,15)39(18,19)41(22,23)43(26,27)45(30,31)44(28,29)42(24,25)40(20,21)38(16,17)36(12,13)34(8,9)32(4)5/q-1. The maximum atomic E-state index is 5.94. The van der Waals surface area contributed by atoms with Gasteiger partial charge in [-0.2, -0.15) is 0 Å². The molecule has 0 aromatic carbocycles. The van der Waals surface area contributed by atoms with Gasteiger partial charge in [-0.05, 0) is 292 Å². The molecule has 0 unspecified atom stereocenters. The fourth-order valence-electron chi connectivity index (χ4n) is 1.27. The average Bonchev–Trinajstić information content (AvgIpc) is 2.81. The van der Waals surface area contributed by atoms with Gasteiger partial charge in [-0.1, -0.05) is 27.6 Å². The van der Waals surface area contributed by atoms with Crippen LogP contribution in [0, 0.1) is 0 Å². The van der Waals surface area contributed by atoms with Crippen molar-refractivity contribution in [1.29, 1.82) is 0 Å². The van der Waals surface area contributed by atoms with E-state index in [1.165, 1.54) is 0 Å². The summed E-state index contributed by atoms with van der Waals surface area (Å²) in [6.45, 7) is 0. The van der Waals surface area contributed by atoms with E-state index in [9.17, 15) is 0 Å². The van der Waals surface area contributed by atoms with Crippen molar-refractivity contribution in [2.45, 2.75) is 0 Å². The second kappa shape index (κ2) is 18.3. The molecule has 0 heterocycles. The Bertz CT molecular complexity index is 2760. The molecule has 0 fully saturated rings. The van der Waals surface area contributed by atoms with Gasteiger partial charge < -0.3 is 0 Å². The fraction of sp³-hybridized carbons (Fsp3) is 0. The lowest BCUT2D eigenvalue weighted by Crippen LogP contribution is -2.38. The lowest BCUT2D eigenvalue weighted by Gasteiger charge is -2.35. The van der Waals surface area contributed by atoms with Crippen molar-refractivity contribution >= 4 is 417 Å². The molecular weight excluding hydrogens is 1440 g/mol. The van der Waals surface area contributed by atoms with Crippen LogP contribution < -0.4 is 0 Å². The molecule has 0 atom stereocenters. The molecule has 0 aliphatic carbocycles. The van der Waals surface area contributed by atoms with Gasteiger partial charge in [0.15, 0.2) is 0 Å². The van der Waals surface area contributed by atoms with Crippen LogP contribution in [0.1, 0.15) is 0 Å². The van der Waals surface area contributed by atoms with Crippen molar-refractivity contribution < 1.29 is 0 Å². The molecule has 0 aliphatic rings. The van der Waals surface area contributed by atoms with E-state index in [0.717, 1.165) is 0 Å². The summed E-state index contributed by atoms with van der Waals surface area (Å²) in [5, 5.41) is -41.5. The highest BCUT2D eigenvalue weighted by atomic mass is 34.5. The quantitative estimate of drug-likeness (QED) is 0.137. The lowest BCUT2D eigenvalue weighted by atomic mass is 29.6. The van der Waals surface area contributed by atoms with Crippen LogP contribution in [0.2, 0.25) is 0 Å². The molecule has 45 heteroatoms. The Morgan fingerprint density at radius 3 is 0.578 bits per heavy atom. The molecule has 0 saturated carbocycles. The Morgan fingerprint density at radius 1 is 0.267 bits per heavy atom. The van der Waals surface area contributed by atoms with Crippen molar-refractivity contribution in [2.24, 2.45) is 0 Å². The van der Waals surface area contributed by atoms with Crippen molar-refractivity contribution in [2.75, 3.05) is 0 Å². The molecule has 0 N–H and O–H groups in total. The predicted molar refractivity (Wildman–Crippen MR) is 331 cm³/mol. The minimum Gasteiger partial charge on any atom is -0.271 e. The first-order valence-corrected chi connectivity index (χ1v) is 66.4. The van der Waals surface area contributed by atoms with Gasteiger partial charge in [0.25, 0.3) is 0 Å². The van der Waals surface area contributed by atoms with Crippen LogP contribution in [-0.4, -0.2) is 0 Å². The summed E-state index contributed by atoms with van der Waals surface area (Å²) in [4.78, 5) is 0. The number of hydrogen-bond donors (Lipinski definition) is 0. The smallest absolute Gasteiger partial charge is 0.0883 e. The first-order valence-electron chi connectivity index (χ1n) is 7.38. The van der Waals surface area contributed by atoms with Crippen molar-refractivity contribution in [3.8, 4) is 0 Å². The summed E-state index contributed by atoms with van der Waals surface area (Å²) in [7, 11) is -1.46. The topological polar surface area (TPSA) is 0 Å². The molecule has 0 spiro atoms. The van der Waals surface area contributed by atoms with Gasteiger partial charge in [0, 0.05) is 63.1 Å². The largest absolute Gasteiger partial charge is 0.271 e. The van der Waals surface area contributed by atoms with E-state index in [-0.39, 0.29) is 0 Å². The summed E-state index contributed by atoms with van der Waals surface area (Å²) in [5.74, 6) is -2.93. The summed E-state index contributed by atoms with van der Waals surface area (Å²) < 4.78 is -1.87. The second-order valence-corrected chi connectivity index (χ2v) is 155. The van der Waals surface area contributed by atoms with E-state index in [2.05, 4.69) is 0 Å². The van der Waals surface area contributed by atoms with Gasteiger partial charge in [-0.25, -0.2) is 22.4 Å². The first-order chi connectivity index (χ1) is 18.9. The Balaban J connectivity index is 8.23. The fourth-order valence-corrected chi connectivity index (χ4v) is 308. The third kappa shape index (κ3) is 9.30. The zero-order valence-corrected chi connectivity index (χ0v) is 55.2. The summed E-state index contributed by atoms with van der Waals surface area (Å²) in [6.07, 6.45) is 0. The van der Waals surface area contributed by atoms with Crippen LogP contribution in [0.3, 0.4) is 0 Å². The Hall–Kier alpha value is 11.8. The van der Waals surface area contributed by atoms with Gasteiger partial charge in [-0.15, -0.1) is 0 Å². The average molecular weight is 1440 g/mol. The minimum absolute atomic E-state index is 1.46. The highest BCUT2D eigenvalue weighted by Crippen LogP contribution is 2.42. The Labute approximate surface area is 405 Å². The molecular formula is PS44-. The van der Waals surface area contributed by atoms with Crippen molar-refractivity contribution in [1.82, 2.24) is 0 Å². The van der Waals surface area contributed by atoms with Gasteiger partial charge >= 0.3 is 0 Å². The highest BCUT2D eigenvalue weighted by molar-refractivity contribution is 9.77.